The zero-order chi connectivity index (χ0) is 17.1. The molecule has 4 nitrogen and oxygen atoms in total. The van der Waals surface area contributed by atoms with Crippen molar-refractivity contribution in [3.63, 3.8) is 0 Å². The maximum atomic E-state index is 13.3. The lowest BCUT2D eigenvalue weighted by atomic mass is 10.1. The lowest BCUT2D eigenvalue weighted by molar-refractivity contribution is -0.120. The minimum Gasteiger partial charge on any atom is -0.497 e. The average molecular weight is 326 g/mol. The molecule has 5 heteroatoms. The molecule has 24 heavy (non-hydrogen) atoms. The third kappa shape index (κ3) is 3.40. The van der Waals surface area contributed by atoms with Gasteiger partial charge in [-0.05, 0) is 47.9 Å². The van der Waals surface area contributed by atoms with Crippen molar-refractivity contribution in [3.8, 4) is 5.75 Å². The molecule has 0 radical (unpaired) electrons. The van der Waals surface area contributed by atoms with E-state index in [1.165, 1.54) is 6.07 Å². The van der Waals surface area contributed by atoms with Crippen LogP contribution in [-0.2, 0) is 17.8 Å². The molecule has 0 fully saturated rings. The average Bonchev–Trinajstić information content (AvgIpc) is 2.98. The van der Waals surface area contributed by atoms with Crippen LogP contribution in [0, 0.1) is 12.7 Å². The molecule has 0 atom stereocenters. The minimum absolute atomic E-state index is 0.0827. The van der Waals surface area contributed by atoms with Gasteiger partial charge in [0, 0.05) is 23.6 Å². The lowest BCUT2D eigenvalue weighted by Crippen LogP contribution is -2.24. The molecule has 1 amide bonds. The van der Waals surface area contributed by atoms with Gasteiger partial charge in [-0.1, -0.05) is 12.1 Å². The number of nitrogens with one attached hydrogen (secondary N) is 2. The van der Waals surface area contributed by atoms with Crippen LogP contribution in [0.3, 0.4) is 0 Å². The zero-order valence-corrected chi connectivity index (χ0v) is 13.7. The highest BCUT2D eigenvalue weighted by molar-refractivity contribution is 5.89. The van der Waals surface area contributed by atoms with Crippen LogP contribution in [0.25, 0.3) is 10.9 Å². The Balaban J connectivity index is 1.67. The molecule has 0 aliphatic rings. The van der Waals surface area contributed by atoms with Gasteiger partial charge in [0.15, 0.2) is 0 Å². The third-order valence-corrected chi connectivity index (χ3v) is 4.04. The van der Waals surface area contributed by atoms with Gasteiger partial charge < -0.3 is 15.0 Å². The van der Waals surface area contributed by atoms with Gasteiger partial charge in [0.25, 0.3) is 0 Å². The van der Waals surface area contributed by atoms with Gasteiger partial charge >= 0.3 is 0 Å². The molecule has 3 aromatic rings. The highest BCUT2D eigenvalue weighted by Gasteiger charge is 2.10. The van der Waals surface area contributed by atoms with Crippen molar-refractivity contribution in [1.82, 2.24) is 10.3 Å². The predicted octanol–water partition coefficient (Wildman–Crippen LogP) is 3.48. The van der Waals surface area contributed by atoms with E-state index in [1.54, 1.807) is 26.2 Å². The molecule has 0 unspecified atom stereocenters. The van der Waals surface area contributed by atoms with Crippen molar-refractivity contribution >= 4 is 16.8 Å². The first-order chi connectivity index (χ1) is 11.6. The summed E-state index contributed by atoms with van der Waals surface area (Å²) in [4.78, 5) is 15.4. The van der Waals surface area contributed by atoms with E-state index in [9.17, 15) is 9.18 Å². The number of halogens is 1. The molecule has 124 valence electrons. The number of carbonyl (C=O) groups is 1. The van der Waals surface area contributed by atoms with E-state index in [4.69, 9.17) is 4.74 Å². The highest BCUT2D eigenvalue weighted by atomic mass is 19.1. The molecule has 0 aliphatic carbocycles. The Morgan fingerprint density at radius 2 is 2.08 bits per heavy atom. The first-order valence-electron chi connectivity index (χ1n) is 7.72. The number of fused-ring (bicyclic) bond motifs is 1. The summed E-state index contributed by atoms with van der Waals surface area (Å²) in [6.45, 7) is 2.09. The number of methoxy groups -OCH3 is 1. The third-order valence-electron chi connectivity index (χ3n) is 4.04. The summed E-state index contributed by atoms with van der Waals surface area (Å²) in [6.07, 6.45) is 2.11. The first-order valence-corrected chi connectivity index (χ1v) is 7.72. The summed E-state index contributed by atoms with van der Waals surface area (Å²) in [7, 11) is 1.62. The van der Waals surface area contributed by atoms with Crippen LogP contribution in [0.4, 0.5) is 4.39 Å². The molecular weight excluding hydrogens is 307 g/mol. The van der Waals surface area contributed by atoms with E-state index in [0.717, 1.165) is 27.8 Å². The van der Waals surface area contributed by atoms with Crippen LogP contribution >= 0.6 is 0 Å². The van der Waals surface area contributed by atoms with Gasteiger partial charge in [-0.15, -0.1) is 0 Å². The van der Waals surface area contributed by atoms with E-state index < -0.39 is 0 Å². The van der Waals surface area contributed by atoms with E-state index in [-0.39, 0.29) is 18.1 Å². The fourth-order valence-corrected chi connectivity index (χ4v) is 2.68. The van der Waals surface area contributed by atoms with Gasteiger partial charge in [-0.3, -0.25) is 4.79 Å². The number of hydrogen-bond donors (Lipinski definition) is 2. The van der Waals surface area contributed by atoms with Crippen molar-refractivity contribution in [1.29, 1.82) is 0 Å². The molecule has 3 rings (SSSR count). The summed E-state index contributed by atoms with van der Waals surface area (Å²) < 4.78 is 18.5. The Kier molecular flexibility index (Phi) is 4.51. The standard InChI is InChI=1S/C19H19FN2O2/c1-12-7-13(3-5-17(12)20)10-22-19(23)8-14-11-21-18-6-4-15(24-2)9-16(14)18/h3-7,9,11,21H,8,10H2,1-2H3,(H,22,23). The van der Waals surface area contributed by atoms with Crippen LogP contribution in [-0.4, -0.2) is 18.0 Å². The molecule has 1 heterocycles. The number of H-pyrrole nitrogens is 1. The summed E-state index contributed by atoms with van der Waals surface area (Å²) in [6, 6.07) is 10.6. The van der Waals surface area contributed by atoms with Crippen LogP contribution in [0.5, 0.6) is 5.75 Å². The number of aromatic amines is 1. The number of aryl methyl sites for hydroxylation is 1. The molecule has 2 N–H and O–H groups in total. The smallest absolute Gasteiger partial charge is 0.224 e. The fourth-order valence-electron chi connectivity index (χ4n) is 2.68. The molecule has 1 aromatic heterocycles. The second kappa shape index (κ2) is 6.74. The van der Waals surface area contributed by atoms with Crippen LogP contribution in [0.1, 0.15) is 16.7 Å². The van der Waals surface area contributed by atoms with Gasteiger partial charge in [0.2, 0.25) is 5.91 Å². The Labute approximate surface area is 139 Å². The predicted molar refractivity (Wildman–Crippen MR) is 91.5 cm³/mol. The maximum absolute atomic E-state index is 13.3. The monoisotopic (exact) mass is 326 g/mol. The van der Waals surface area contributed by atoms with Crippen molar-refractivity contribution < 1.29 is 13.9 Å². The number of benzene rings is 2. The summed E-state index contributed by atoms with van der Waals surface area (Å²) in [5, 5.41) is 3.84. The minimum atomic E-state index is -0.238. The quantitative estimate of drug-likeness (QED) is 0.754. The Hall–Kier alpha value is -2.82. The molecular formula is C19H19FN2O2. The normalized spacial score (nSPS) is 10.8. The van der Waals surface area contributed by atoms with Gasteiger partial charge in [0.05, 0.1) is 13.5 Å². The van der Waals surface area contributed by atoms with E-state index >= 15 is 0 Å². The zero-order valence-electron chi connectivity index (χ0n) is 13.7. The van der Waals surface area contributed by atoms with Gasteiger partial charge in [-0.25, -0.2) is 4.39 Å². The number of ether oxygens (including phenoxy) is 1. The number of amides is 1. The highest BCUT2D eigenvalue weighted by Crippen LogP contribution is 2.23. The SMILES string of the molecule is COc1ccc2[nH]cc(CC(=O)NCc3ccc(F)c(C)c3)c2c1. The Bertz CT molecular complexity index is 886. The molecule has 2 aromatic carbocycles. The van der Waals surface area contributed by atoms with E-state index in [1.807, 2.05) is 24.4 Å². The first kappa shape index (κ1) is 16.1. The largest absolute Gasteiger partial charge is 0.497 e. The molecule has 0 bridgehead atoms. The van der Waals surface area contributed by atoms with Crippen LogP contribution in [0.2, 0.25) is 0 Å². The number of hydrogen-bond acceptors (Lipinski definition) is 2. The fraction of sp³-hybridized carbons (Fsp3) is 0.211. The summed E-state index contributed by atoms with van der Waals surface area (Å²) in [5.41, 5.74) is 3.33. The van der Waals surface area contributed by atoms with Gasteiger partial charge in [0.1, 0.15) is 11.6 Å². The second-order valence-corrected chi connectivity index (χ2v) is 5.76. The van der Waals surface area contributed by atoms with Crippen molar-refractivity contribution in [2.45, 2.75) is 19.9 Å². The number of carbonyl (C=O) groups excluding carboxylic acids is 1. The Morgan fingerprint density at radius 1 is 1.25 bits per heavy atom. The summed E-state index contributed by atoms with van der Waals surface area (Å²) >= 11 is 0. The van der Waals surface area contributed by atoms with Crippen LogP contribution < -0.4 is 10.1 Å². The van der Waals surface area contributed by atoms with Gasteiger partial charge in [-0.2, -0.15) is 0 Å². The second-order valence-electron chi connectivity index (χ2n) is 5.76. The number of aromatic nitrogens is 1. The van der Waals surface area contributed by atoms with E-state index in [2.05, 4.69) is 10.3 Å². The van der Waals surface area contributed by atoms with Crippen LogP contribution in [0.15, 0.2) is 42.6 Å². The lowest BCUT2D eigenvalue weighted by Gasteiger charge is -2.07. The molecule has 0 spiro atoms. The topological polar surface area (TPSA) is 54.1 Å². The summed E-state index contributed by atoms with van der Waals surface area (Å²) in [5.74, 6) is 0.434. The van der Waals surface area contributed by atoms with Crippen molar-refractivity contribution in [2.75, 3.05) is 7.11 Å². The van der Waals surface area contributed by atoms with Crippen molar-refractivity contribution in [2.24, 2.45) is 0 Å². The van der Waals surface area contributed by atoms with Crippen molar-refractivity contribution in [3.05, 3.63) is 65.1 Å². The van der Waals surface area contributed by atoms with E-state index in [0.29, 0.717) is 12.1 Å². The maximum Gasteiger partial charge on any atom is 0.224 e. The molecule has 0 saturated carbocycles. The molecule has 0 saturated heterocycles. The molecule has 0 aliphatic heterocycles. The Morgan fingerprint density at radius 3 is 2.83 bits per heavy atom. The number of rotatable bonds is 5.